The summed E-state index contributed by atoms with van der Waals surface area (Å²) in [5.41, 5.74) is 3.48. The number of thioether (sulfide) groups is 1. The van der Waals surface area contributed by atoms with Crippen LogP contribution < -0.4 is 14.2 Å². The molecule has 0 amide bonds. The lowest BCUT2D eigenvalue weighted by molar-refractivity contribution is 0.344. The van der Waals surface area contributed by atoms with Crippen molar-refractivity contribution >= 4 is 11.8 Å². The first kappa shape index (κ1) is 27.4. The van der Waals surface area contributed by atoms with Crippen molar-refractivity contribution in [3.05, 3.63) is 115 Å². The van der Waals surface area contributed by atoms with Crippen molar-refractivity contribution in [3.63, 3.8) is 0 Å². The number of hydrogen-bond donors (Lipinski definition) is 0. The van der Waals surface area contributed by atoms with E-state index in [1.54, 1.807) is 38.1 Å². The average molecular weight is 558 g/mol. The summed E-state index contributed by atoms with van der Waals surface area (Å²) in [7, 11) is 3.25. The molecule has 6 nitrogen and oxygen atoms in total. The first-order chi connectivity index (χ1) is 19.4. The first-order valence-electron chi connectivity index (χ1n) is 13.0. The number of rotatable bonds is 11. The number of nitrogens with zero attached hydrogens (tertiary/aromatic N) is 3. The Bertz CT molecular complexity index is 1550. The Morgan fingerprint density at radius 1 is 0.850 bits per heavy atom. The molecule has 5 aromatic rings. The minimum absolute atomic E-state index is 0.282. The van der Waals surface area contributed by atoms with E-state index >= 15 is 0 Å². The molecular formula is C32H32FN3O3S. The maximum absolute atomic E-state index is 13.8. The van der Waals surface area contributed by atoms with E-state index in [0.29, 0.717) is 23.9 Å². The van der Waals surface area contributed by atoms with Crippen LogP contribution in [0.1, 0.15) is 25.1 Å². The van der Waals surface area contributed by atoms with Gasteiger partial charge in [-0.15, -0.1) is 0 Å². The molecule has 0 radical (unpaired) electrons. The largest absolute Gasteiger partial charge is 0.493 e. The minimum atomic E-state index is -0.447. The van der Waals surface area contributed by atoms with Gasteiger partial charge in [0, 0.05) is 34.9 Å². The molecule has 40 heavy (non-hydrogen) atoms. The molecule has 206 valence electrons. The van der Waals surface area contributed by atoms with Crippen LogP contribution in [0.4, 0.5) is 4.39 Å². The molecule has 2 aromatic heterocycles. The van der Waals surface area contributed by atoms with Crippen LogP contribution in [0, 0.1) is 5.82 Å². The number of methoxy groups -OCH3 is 2. The Labute approximate surface area is 238 Å². The van der Waals surface area contributed by atoms with E-state index in [1.165, 1.54) is 12.1 Å². The molecule has 0 aliphatic heterocycles. The highest BCUT2D eigenvalue weighted by Gasteiger charge is 2.30. The quantitative estimate of drug-likeness (QED) is 0.126. The van der Waals surface area contributed by atoms with Gasteiger partial charge in [0.2, 0.25) is 0 Å². The highest BCUT2D eigenvalue weighted by atomic mass is 32.2. The molecule has 8 heteroatoms. The predicted octanol–water partition coefficient (Wildman–Crippen LogP) is 7.32. The van der Waals surface area contributed by atoms with Crippen molar-refractivity contribution in [1.82, 2.24) is 14.1 Å². The van der Waals surface area contributed by atoms with E-state index < -0.39 is 5.41 Å². The lowest BCUT2D eigenvalue weighted by atomic mass is 9.81. The van der Waals surface area contributed by atoms with Crippen LogP contribution in [0.3, 0.4) is 0 Å². The summed E-state index contributed by atoms with van der Waals surface area (Å²) in [6.45, 7) is 4.79. The van der Waals surface area contributed by atoms with Gasteiger partial charge < -0.3 is 18.8 Å². The maximum atomic E-state index is 13.8. The summed E-state index contributed by atoms with van der Waals surface area (Å²) in [5.74, 6) is 2.55. The summed E-state index contributed by atoms with van der Waals surface area (Å²) in [6.07, 6.45) is 5.91. The molecule has 0 spiro atoms. The van der Waals surface area contributed by atoms with E-state index in [1.807, 2.05) is 73.2 Å². The Morgan fingerprint density at radius 2 is 1.52 bits per heavy atom. The zero-order chi connectivity index (χ0) is 28.1. The van der Waals surface area contributed by atoms with Gasteiger partial charge in [0.15, 0.2) is 16.7 Å². The molecule has 0 N–H and O–H groups in total. The second kappa shape index (κ2) is 11.9. The average Bonchev–Trinajstić information content (AvgIpc) is 3.67. The van der Waals surface area contributed by atoms with Crippen molar-refractivity contribution in [1.29, 1.82) is 0 Å². The Kier molecular flexibility index (Phi) is 8.16. The molecular weight excluding hydrogens is 525 g/mol. The lowest BCUT2D eigenvalue weighted by Crippen LogP contribution is -2.23. The number of halogens is 1. The number of benzene rings is 3. The van der Waals surface area contributed by atoms with Crippen LogP contribution >= 0.6 is 11.8 Å². The van der Waals surface area contributed by atoms with Crippen molar-refractivity contribution in [3.8, 4) is 28.6 Å². The summed E-state index contributed by atoms with van der Waals surface area (Å²) in [4.78, 5) is 4.79. The second-order valence-corrected chi connectivity index (χ2v) is 10.8. The molecule has 2 heterocycles. The third kappa shape index (κ3) is 5.72. The fraction of sp³-hybridized carbons (Fsp3) is 0.219. The van der Waals surface area contributed by atoms with E-state index in [-0.39, 0.29) is 5.82 Å². The third-order valence-corrected chi connectivity index (χ3v) is 7.80. The molecule has 3 aromatic carbocycles. The van der Waals surface area contributed by atoms with Gasteiger partial charge in [-0.05, 0) is 78.4 Å². The van der Waals surface area contributed by atoms with E-state index in [0.717, 1.165) is 33.5 Å². The van der Waals surface area contributed by atoms with Gasteiger partial charge in [-0.2, -0.15) is 0 Å². The number of hydrogen-bond acceptors (Lipinski definition) is 5. The summed E-state index contributed by atoms with van der Waals surface area (Å²) in [6, 6.07) is 24.4. The monoisotopic (exact) mass is 557 g/mol. The molecule has 0 fully saturated rings. The third-order valence-electron chi connectivity index (χ3n) is 6.88. The molecule has 0 saturated carbocycles. The van der Waals surface area contributed by atoms with Gasteiger partial charge in [0.25, 0.3) is 0 Å². The van der Waals surface area contributed by atoms with Gasteiger partial charge in [-0.1, -0.05) is 31.7 Å². The molecule has 0 aliphatic carbocycles. The molecule has 0 bridgehead atoms. The van der Waals surface area contributed by atoms with Gasteiger partial charge in [0.1, 0.15) is 11.6 Å². The molecule has 0 aliphatic rings. The predicted molar refractivity (Wildman–Crippen MR) is 157 cm³/mol. The number of imidazole rings is 1. The first-order valence-corrected chi connectivity index (χ1v) is 13.9. The van der Waals surface area contributed by atoms with Crippen LogP contribution in [0.15, 0.2) is 103 Å². The van der Waals surface area contributed by atoms with Gasteiger partial charge in [0.05, 0.1) is 32.7 Å². The maximum Gasteiger partial charge on any atom is 0.172 e. The summed E-state index contributed by atoms with van der Waals surface area (Å²) >= 11 is 1.60. The van der Waals surface area contributed by atoms with Crippen molar-refractivity contribution in [2.75, 3.05) is 26.6 Å². The van der Waals surface area contributed by atoms with Crippen LogP contribution in [0.5, 0.6) is 17.2 Å². The fourth-order valence-corrected chi connectivity index (χ4v) is 5.41. The normalized spacial score (nSPS) is 11.4. The topological polar surface area (TPSA) is 50.4 Å². The van der Waals surface area contributed by atoms with Crippen LogP contribution in [0.25, 0.3) is 11.4 Å². The Balaban J connectivity index is 1.36. The second-order valence-electron chi connectivity index (χ2n) is 9.71. The molecule has 0 atom stereocenters. The van der Waals surface area contributed by atoms with E-state index in [2.05, 4.69) is 23.0 Å². The fourth-order valence-electron chi connectivity index (χ4n) is 4.60. The van der Waals surface area contributed by atoms with Gasteiger partial charge in [-0.3, -0.25) is 4.57 Å². The molecule has 0 saturated heterocycles. The van der Waals surface area contributed by atoms with Crippen LogP contribution in [-0.4, -0.2) is 40.7 Å². The van der Waals surface area contributed by atoms with Gasteiger partial charge in [-0.25, -0.2) is 9.37 Å². The van der Waals surface area contributed by atoms with Crippen molar-refractivity contribution in [2.45, 2.75) is 24.4 Å². The standard InChI is InChI=1S/C32H32FN3O3S/c1-32(2,23-7-16-28(37-3)29(21-23)38-4)30-22-34-31(36(30)26-10-8-24(33)9-11-26)40-20-19-39-27-14-12-25(13-15-27)35-17-5-6-18-35/h5-18,21-22H,19-20H2,1-4H3. The smallest absolute Gasteiger partial charge is 0.172 e. The molecule has 0 unspecified atom stereocenters. The highest BCUT2D eigenvalue weighted by Crippen LogP contribution is 2.39. The van der Waals surface area contributed by atoms with Crippen molar-refractivity contribution < 1.29 is 18.6 Å². The zero-order valence-electron chi connectivity index (χ0n) is 23.0. The number of ether oxygens (including phenoxy) is 3. The van der Waals surface area contributed by atoms with Crippen LogP contribution in [0.2, 0.25) is 0 Å². The van der Waals surface area contributed by atoms with Crippen LogP contribution in [-0.2, 0) is 5.41 Å². The van der Waals surface area contributed by atoms with Gasteiger partial charge >= 0.3 is 0 Å². The summed E-state index contributed by atoms with van der Waals surface area (Å²) < 4.78 is 35.0. The van der Waals surface area contributed by atoms with Crippen molar-refractivity contribution in [2.24, 2.45) is 0 Å². The zero-order valence-corrected chi connectivity index (χ0v) is 23.8. The SMILES string of the molecule is COc1ccc(C(C)(C)c2cnc(SCCOc3ccc(-n4cccc4)cc3)n2-c2ccc(F)cc2)cc1OC. The van der Waals surface area contributed by atoms with E-state index in [4.69, 9.17) is 19.2 Å². The summed E-state index contributed by atoms with van der Waals surface area (Å²) in [5, 5.41) is 0.807. The molecule has 5 rings (SSSR count). The Hall–Kier alpha value is -4.17. The highest BCUT2D eigenvalue weighted by molar-refractivity contribution is 7.99. The lowest BCUT2D eigenvalue weighted by Gasteiger charge is -2.28. The van der Waals surface area contributed by atoms with E-state index in [9.17, 15) is 4.39 Å². The number of aromatic nitrogens is 3. The minimum Gasteiger partial charge on any atom is -0.493 e. The Morgan fingerprint density at radius 3 is 2.20 bits per heavy atom.